The zero-order valence-corrected chi connectivity index (χ0v) is 11.9. The number of amides is 1. The summed E-state index contributed by atoms with van der Waals surface area (Å²) in [5.41, 5.74) is 0.103. The molecule has 1 unspecified atom stereocenters. The summed E-state index contributed by atoms with van der Waals surface area (Å²) >= 11 is 0. The van der Waals surface area contributed by atoms with Crippen molar-refractivity contribution in [3.05, 3.63) is 34.9 Å². The number of nitrogens with one attached hydrogen (secondary N) is 3. The molecular weight excluding hydrogens is 319 g/mol. The Kier molecular flexibility index (Phi) is 5.16. The van der Waals surface area contributed by atoms with E-state index >= 15 is 0 Å². The van der Waals surface area contributed by atoms with Crippen LogP contribution in [0, 0.1) is 0 Å². The highest BCUT2D eigenvalue weighted by molar-refractivity contribution is 5.92. The Hall–Kier alpha value is -2.20. The van der Waals surface area contributed by atoms with Crippen molar-refractivity contribution in [2.45, 2.75) is 25.4 Å². The fourth-order valence-electron chi connectivity index (χ4n) is 2.14. The molecule has 0 spiro atoms. The molecule has 1 heterocycles. The largest absolute Gasteiger partial charge is 0.458 e. The number of aliphatic hydroxyl groups excluding tert-OH is 2. The van der Waals surface area contributed by atoms with Gasteiger partial charge in [-0.1, -0.05) is 17.7 Å². The van der Waals surface area contributed by atoms with Gasteiger partial charge in [-0.2, -0.15) is 13.2 Å². The van der Waals surface area contributed by atoms with E-state index in [9.17, 15) is 23.1 Å². The Morgan fingerprint density at radius 2 is 2.04 bits per heavy atom. The third-order valence-corrected chi connectivity index (χ3v) is 3.28. The van der Waals surface area contributed by atoms with Gasteiger partial charge in [-0.05, 0) is 12.8 Å². The summed E-state index contributed by atoms with van der Waals surface area (Å²) in [5, 5.41) is 25.6. The lowest BCUT2D eigenvalue weighted by molar-refractivity contribution is -0.128. The molecule has 2 rings (SSSR count). The van der Waals surface area contributed by atoms with Crippen molar-refractivity contribution in [1.29, 1.82) is 0 Å². The normalized spacial score (nSPS) is 22.0. The lowest BCUT2D eigenvalue weighted by atomic mass is 9.98. The van der Waals surface area contributed by atoms with E-state index in [0.29, 0.717) is 5.57 Å². The molecule has 0 radical (unpaired) electrons. The third kappa shape index (κ3) is 4.39. The molecule has 0 saturated carbocycles. The first kappa shape index (κ1) is 17.2. The first-order valence-corrected chi connectivity index (χ1v) is 6.74. The number of carbonyl (C=O) groups excluding carboxylic acids is 1. The summed E-state index contributed by atoms with van der Waals surface area (Å²) < 4.78 is 42.3. The van der Waals surface area contributed by atoms with Crippen LogP contribution in [0.3, 0.4) is 0 Å². The second-order valence-electron chi connectivity index (χ2n) is 4.87. The molecule has 0 saturated heterocycles. The molecule has 1 amide bonds. The van der Waals surface area contributed by atoms with Gasteiger partial charge in [0.15, 0.2) is 12.6 Å². The minimum Gasteiger partial charge on any atom is -0.458 e. The van der Waals surface area contributed by atoms with Gasteiger partial charge >= 0.3 is 6.18 Å². The number of rotatable bonds is 5. The van der Waals surface area contributed by atoms with Crippen LogP contribution in [0.2, 0.25) is 0 Å². The zero-order valence-electron chi connectivity index (χ0n) is 11.9. The average Bonchev–Trinajstić information content (AvgIpc) is 2.47. The smallest absolute Gasteiger partial charge is 0.412 e. The van der Waals surface area contributed by atoms with Crippen LogP contribution in [0.15, 0.2) is 34.9 Å². The van der Waals surface area contributed by atoms with Crippen LogP contribution >= 0.6 is 0 Å². The quantitative estimate of drug-likeness (QED) is 0.450. The number of hydrogen-bond acceptors (Lipinski definition) is 6. The van der Waals surface area contributed by atoms with Gasteiger partial charge < -0.3 is 30.9 Å². The standard InChI is InChI=1S/C13H16F3N3O4/c14-13(15,16)8-3-1-7(2-4-8)5-17-10-9(23-6-20)11(21)19-12(22)18-10/h1,3,12,17-18,20,22H,2,4-6H2,(H,19,21). The first-order chi connectivity index (χ1) is 10.8. The van der Waals surface area contributed by atoms with E-state index in [1.165, 1.54) is 6.08 Å². The molecule has 23 heavy (non-hydrogen) atoms. The number of aliphatic hydroxyl groups is 2. The van der Waals surface area contributed by atoms with Gasteiger partial charge in [0, 0.05) is 12.1 Å². The number of halogens is 3. The van der Waals surface area contributed by atoms with Crippen LogP contribution in [-0.4, -0.2) is 42.0 Å². The van der Waals surface area contributed by atoms with Crippen molar-refractivity contribution in [3.8, 4) is 0 Å². The molecule has 1 aliphatic heterocycles. The number of allylic oxidation sites excluding steroid dienone is 3. The molecule has 7 nitrogen and oxygen atoms in total. The predicted octanol–water partition coefficient (Wildman–Crippen LogP) is -0.0843. The Morgan fingerprint density at radius 3 is 2.61 bits per heavy atom. The Labute approximate surface area is 129 Å². The minimum absolute atomic E-state index is 0.0433. The van der Waals surface area contributed by atoms with Crippen LogP contribution < -0.4 is 16.0 Å². The first-order valence-electron chi connectivity index (χ1n) is 6.74. The molecule has 0 aromatic rings. The van der Waals surface area contributed by atoms with E-state index in [2.05, 4.69) is 16.0 Å². The maximum atomic E-state index is 12.5. The summed E-state index contributed by atoms with van der Waals surface area (Å²) in [4.78, 5) is 11.6. The number of carbonyl (C=O) groups is 1. The minimum atomic E-state index is -4.33. The topological polar surface area (TPSA) is 103 Å². The van der Waals surface area contributed by atoms with Crippen molar-refractivity contribution >= 4 is 5.91 Å². The van der Waals surface area contributed by atoms with E-state index in [4.69, 9.17) is 9.84 Å². The highest BCUT2D eigenvalue weighted by atomic mass is 19.4. The number of ether oxygens (including phenoxy) is 1. The van der Waals surface area contributed by atoms with Crippen LogP contribution in [-0.2, 0) is 9.53 Å². The highest BCUT2D eigenvalue weighted by Crippen LogP contribution is 2.32. The molecule has 0 bridgehead atoms. The van der Waals surface area contributed by atoms with Gasteiger partial charge in [-0.25, -0.2) is 0 Å². The molecule has 0 fully saturated rings. The van der Waals surface area contributed by atoms with Crippen LogP contribution in [0.5, 0.6) is 0 Å². The van der Waals surface area contributed by atoms with Crippen molar-refractivity contribution < 1.29 is 32.9 Å². The SMILES string of the molecule is O=C1NC(O)NC(NCC2=CC=C(C(F)(F)F)CC2)=C1OCO. The zero-order chi connectivity index (χ0) is 17.0. The maximum absolute atomic E-state index is 12.5. The molecule has 2 aliphatic rings. The molecule has 128 valence electrons. The number of alkyl halides is 3. The van der Waals surface area contributed by atoms with Crippen LogP contribution in [0.25, 0.3) is 0 Å². The Bertz CT molecular complexity index is 569. The summed E-state index contributed by atoms with van der Waals surface area (Å²) in [5.74, 6) is -0.938. The predicted molar refractivity (Wildman–Crippen MR) is 71.9 cm³/mol. The van der Waals surface area contributed by atoms with E-state index in [-0.39, 0.29) is 31.0 Å². The second kappa shape index (κ2) is 6.92. The summed E-state index contributed by atoms with van der Waals surface area (Å²) in [6.07, 6.45) is -3.17. The highest BCUT2D eigenvalue weighted by Gasteiger charge is 2.33. The second-order valence-corrected chi connectivity index (χ2v) is 4.87. The van der Waals surface area contributed by atoms with Gasteiger partial charge in [0.25, 0.3) is 5.91 Å². The Morgan fingerprint density at radius 1 is 1.30 bits per heavy atom. The summed E-state index contributed by atoms with van der Waals surface area (Å²) in [7, 11) is 0. The maximum Gasteiger partial charge on any atom is 0.412 e. The van der Waals surface area contributed by atoms with Gasteiger partial charge in [0.1, 0.15) is 0 Å². The fraction of sp³-hybridized carbons (Fsp3) is 0.462. The van der Waals surface area contributed by atoms with Crippen molar-refractivity contribution in [1.82, 2.24) is 16.0 Å². The average molecular weight is 335 g/mol. The molecule has 0 aromatic heterocycles. The van der Waals surface area contributed by atoms with Crippen molar-refractivity contribution in [3.63, 3.8) is 0 Å². The molecule has 1 atom stereocenters. The summed E-state index contributed by atoms with van der Waals surface area (Å²) in [6, 6.07) is 0. The van der Waals surface area contributed by atoms with E-state index in [0.717, 1.165) is 6.08 Å². The molecule has 5 N–H and O–H groups in total. The molecule has 10 heteroatoms. The van der Waals surface area contributed by atoms with Crippen LogP contribution in [0.1, 0.15) is 12.8 Å². The fourth-order valence-corrected chi connectivity index (χ4v) is 2.14. The monoisotopic (exact) mass is 335 g/mol. The van der Waals surface area contributed by atoms with Crippen molar-refractivity contribution in [2.75, 3.05) is 13.3 Å². The molecule has 1 aliphatic carbocycles. The van der Waals surface area contributed by atoms with E-state index in [1.807, 2.05) is 0 Å². The third-order valence-electron chi connectivity index (χ3n) is 3.28. The molecule has 0 aromatic carbocycles. The van der Waals surface area contributed by atoms with Gasteiger partial charge in [-0.15, -0.1) is 0 Å². The van der Waals surface area contributed by atoms with E-state index in [1.54, 1.807) is 0 Å². The summed E-state index contributed by atoms with van der Waals surface area (Å²) in [6.45, 7) is -0.589. The molecular formula is C13H16F3N3O4. The van der Waals surface area contributed by atoms with Gasteiger partial charge in [0.2, 0.25) is 12.1 Å². The lowest BCUT2D eigenvalue weighted by Gasteiger charge is -2.27. The lowest BCUT2D eigenvalue weighted by Crippen LogP contribution is -2.53. The van der Waals surface area contributed by atoms with Gasteiger partial charge in [0.05, 0.1) is 0 Å². The Balaban J connectivity index is 2.04. The van der Waals surface area contributed by atoms with Gasteiger partial charge in [-0.3, -0.25) is 4.79 Å². The van der Waals surface area contributed by atoms with Crippen LogP contribution in [0.4, 0.5) is 13.2 Å². The van der Waals surface area contributed by atoms with E-state index < -0.39 is 30.8 Å². The van der Waals surface area contributed by atoms with Crippen molar-refractivity contribution in [2.24, 2.45) is 0 Å². The number of hydrogen-bond donors (Lipinski definition) is 5.